The molecule has 0 fully saturated rings. The Bertz CT molecular complexity index is 748. The minimum atomic E-state index is -0.365. The summed E-state index contributed by atoms with van der Waals surface area (Å²) in [6, 6.07) is 9.19. The smallest absolute Gasteiger partial charge is 0.175 e. The largest absolute Gasteiger partial charge is 0.493 e. The Kier molecular flexibility index (Phi) is 7.62. The van der Waals surface area contributed by atoms with Crippen molar-refractivity contribution in [1.82, 2.24) is 5.32 Å². The van der Waals surface area contributed by atoms with Gasteiger partial charge in [0.25, 0.3) is 0 Å². The third-order valence-electron chi connectivity index (χ3n) is 3.88. The van der Waals surface area contributed by atoms with Crippen LogP contribution in [0.1, 0.15) is 25.0 Å². The second kappa shape index (κ2) is 9.29. The van der Waals surface area contributed by atoms with E-state index in [9.17, 15) is 5.11 Å². The number of ether oxygens (including phenoxy) is 2. The third kappa shape index (κ3) is 5.51. The van der Waals surface area contributed by atoms with Crippen molar-refractivity contribution in [3.05, 3.63) is 56.0 Å². The van der Waals surface area contributed by atoms with Crippen LogP contribution in [-0.2, 0) is 13.2 Å². The minimum absolute atomic E-state index is 0.0467. The monoisotopic (exact) mass is 461 g/mol. The lowest BCUT2D eigenvalue weighted by molar-refractivity contribution is 0.187. The van der Waals surface area contributed by atoms with E-state index in [0.29, 0.717) is 28.1 Å². The molecule has 0 aromatic heterocycles. The Labute approximate surface area is 172 Å². The van der Waals surface area contributed by atoms with Gasteiger partial charge < -0.3 is 19.9 Å². The molecular weight excluding hydrogens is 441 g/mol. The van der Waals surface area contributed by atoms with E-state index in [2.05, 4.69) is 21.2 Å². The lowest BCUT2D eigenvalue weighted by atomic mass is 10.1. The number of aliphatic hydroxyl groups excluding tert-OH is 1. The van der Waals surface area contributed by atoms with Gasteiger partial charge in [0, 0.05) is 27.7 Å². The third-order valence-corrected chi connectivity index (χ3v) is 5.18. The number of hydrogen-bond acceptors (Lipinski definition) is 4. The number of halogens is 3. The summed E-state index contributed by atoms with van der Waals surface area (Å²) in [4.78, 5) is 0. The number of aliphatic hydroxyl groups is 1. The molecule has 0 aliphatic carbocycles. The number of methoxy groups -OCH3 is 1. The summed E-state index contributed by atoms with van der Waals surface area (Å²) in [5.41, 5.74) is 1.36. The molecule has 0 spiro atoms. The van der Waals surface area contributed by atoms with E-state index in [1.807, 2.05) is 26.0 Å². The van der Waals surface area contributed by atoms with E-state index < -0.39 is 0 Å². The lowest BCUT2D eigenvalue weighted by Crippen LogP contribution is -2.42. The molecule has 7 heteroatoms. The number of rotatable bonds is 8. The fourth-order valence-corrected chi connectivity index (χ4v) is 3.34. The van der Waals surface area contributed by atoms with Crippen LogP contribution in [0, 0.1) is 0 Å². The van der Waals surface area contributed by atoms with Crippen LogP contribution < -0.4 is 14.8 Å². The molecule has 142 valence electrons. The van der Waals surface area contributed by atoms with Crippen LogP contribution in [0.5, 0.6) is 11.5 Å². The summed E-state index contributed by atoms with van der Waals surface area (Å²) >= 11 is 15.9. The average Bonchev–Trinajstić information content (AvgIpc) is 2.60. The molecule has 26 heavy (non-hydrogen) atoms. The maximum atomic E-state index is 9.36. The predicted molar refractivity (Wildman–Crippen MR) is 109 cm³/mol. The Morgan fingerprint density at radius 1 is 1.19 bits per heavy atom. The molecule has 0 heterocycles. The number of nitrogens with one attached hydrogen (secondary N) is 1. The van der Waals surface area contributed by atoms with Crippen molar-refractivity contribution >= 4 is 39.1 Å². The lowest BCUT2D eigenvalue weighted by Gasteiger charge is -2.24. The predicted octanol–water partition coefficient (Wildman–Crippen LogP) is 5.20. The highest BCUT2D eigenvalue weighted by atomic mass is 79.9. The Balaban J connectivity index is 2.19. The first-order chi connectivity index (χ1) is 12.3. The van der Waals surface area contributed by atoms with Crippen LogP contribution in [0.4, 0.5) is 0 Å². The van der Waals surface area contributed by atoms with Gasteiger partial charge in [-0.2, -0.15) is 0 Å². The van der Waals surface area contributed by atoms with Crippen molar-refractivity contribution in [2.24, 2.45) is 0 Å². The van der Waals surface area contributed by atoms with Gasteiger partial charge in [-0.25, -0.2) is 0 Å². The first kappa shape index (κ1) is 21.3. The number of hydrogen-bond donors (Lipinski definition) is 2. The van der Waals surface area contributed by atoms with Crippen LogP contribution >= 0.6 is 39.1 Å². The van der Waals surface area contributed by atoms with Gasteiger partial charge in [-0.15, -0.1) is 0 Å². The Morgan fingerprint density at radius 3 is 2.42 bits per heavy atom. The average molecular weight is 463 g/mol. The molecule has 0 unspecified atom stereocenters. The normalized spacial score (nSPS) is 11.5. The van der Waals surface area contributed by atoms with Crippen molar-refractivity contribution in [1.29, 1.82) is 0 Å². The van der Waals surface area contributed by atoms with Gasteiger partial charge in [0.2, 0.25) is 0 Å². The van der Waals surface area contributed by atoms with Crippen LogP contribution in [0.15, 0.2) is 34.8 Å². The summed E-state index contributed by atoms with van der Waals surface area (Å²) in [5.74, 6) is 1.18. The summed E-state index contributed by atoms with van der Waals surface area (Å²) in [6.45, 7) is 4.72. The SMILES string of the molecule is COc1cc(CNC(C)(C)CO)cc(Br)c1OCc1c(Cl)cccc1Cl. The fourth-order valence-electron chi connectivity index (χ4n) is 2.23. The second-order valence-electron chi connectivity index (χ2n) is 6.49. The molecule has 0 atom stereocenters. The zero-order chi connectivity index (χ0) is 19.3. The first-order valence-electron chi connectivity index (χ1n) is 8.05. The van der Waals surface area contributed by atoms with Gasteiger partial charge in [-0.05, 0) is 59.6 Å². The summed E-state index contributed by atoms with van der Waals surface area (Å²) < 4.78 is 12.2. The van der Waals surface area contributed by atoms with E-state index in [-0.39, 0.29) is 18.8 Å². The highest BCUT2D eigenvalue weighted by Gasteiger charge is 2.17. The maximum absolute atomic E-state index is 9.36. The van der Waals surface area contributed by atoms with Gasteiger partial charge in [0.1, 0.15) is 6.61 Å². The zero-order valence-corrected chi connectivity index (χ0v) is 18.0. The summed E-state index contributed by atoms with van der Waals surface area (Å²) in [5, 5.41) is 13.8. The van der Waals surface area contributed by atoms with Gasteiger partial charge in [0.05, 0.1) is 18.2 Å². The van der Waals surface area contributed by atoms with Crippen LogP contribution in [0.2, 0.25) is 10.0 Å². The summed E-state index contributed by atoms with van der Waals surface area (Å²) in [6.07, 6.45) is 0. The Morgan fingerprint density at radius 2 is 1.85 bits per heavy atom. The second-order valence-corrected chi connectivity index (χ2v) is 8.16. The van der Waals surface area contributed by atoms with Crippen molar-refractivity contribution in [3.63, 3.8) is 0 Å². The standard InChI is InChI=1S/C19H22BrCl2NO3/c1-19(2,11-24)23-9-12-7-14(20)18(17(8-12)25-3)26-10-13-15(21)5-4-6-16(13)22/h4-8,23-24H,9-11H2,1-3H3. The zero-order valence-electron chi connectivity index (χ0n) is 14.9. The maximum Gasteiger partial charge on any atom is 0.175 e. The van der Waals surface area contributed by atoms with E-state index in [1.54, 1.807) is 25.3 Å². The van der Waals surface area contributed by atoms with Crippen LogP contribution in [0.25, 0.3) is 0 Å². The van der Waals surface area contributed by atoms with E-state index in [1.165, 1.54) is 0 Å². The molecular formula is C19H22BrCl2NO3. The van der Waals surface area contributed by atoms with Crippen molar-refractivity contribution in [2.45, 2.75) is 32.5 Å². The number of benzene rings is 2. The molecule has 2 N–H and O–H groups in total. The van der Waals surface area contributed by atoms with Crippen LogP contribution in [0.3, 0.4) is 0 Å². The highest BCUT2D eigenvalue weighted by molar-refractivity contribution is 9.10. The van der Waals surface area contributed by atoms with Gasteiger partial charge in [-0.3, -0.25) is 0 Å². The molecule has 0 bridgehead atoms. The quantitative estimate of drug-likeness (QED) is 0.565. The summed E-state index contributed by atoms with van der Waals surface area (Å²) in [7, 11) is 1.59. The molecule has 0 amide bonds. The van der Waals surface area contributed by atoms with Gasteiger partial charge in [-0.1, -0.05) is 29.3 Å². The van der Waals surface area contributed by atoms with Crippen molar-refractivity contribution in [2.75, 3.05) is 13.7 Å². The van der Waals surface area contributed by atoms with Gasteiger partial charge >= 0.3 is 0 Å². The molecule has 0 aliphatic rings. The Hall–Kier alpha value is -0.980. The molecule has 0 aliphatic heterocycles. The van der Waals surface area contributed by atoms with Crippen molar-refractivity contribution < 1.29 is 14.6 Å². The fraction of sp³-hybridized carbons (Fsp3) is 0.368. The van der Waals surface area contributed by atoms with Gasteiger partial charge in [0.15, 0.2) is 11.5 Å². The molecule has 0 radical (unpaired) electrons. The van der Waals surface area contributed by atoms with E-state index in [4.69, 9.17) is 32.7 Å². The molecule has 4 nitrogen and oxygen atoms in total. The van der Waals surface area contributed by atoms with E-state index in [0.717, 1.165) is 15.6 Å². The first-order valence-corrected chi connectivity index (χ1v) is 9.60. The topological polar surface area (TPSA) is 50.7 Å². The molecule has 0 saturated heterocycles. The molecule has 2 aromatic carbocycles. The highest BCUT2D eigenvalue weighted by Crippen LogP contribution is 2.38. The molecule has 2 aromatic rings. The molecule has 0 saturated carbocycles. The van der Waals surface area contributed by atoms with Crippen LogP contribution in [-0.4, -0.2) is 24.4 Å². The van der Waals surface area contributed by atoms with Crippen molar-refractivity contribution in [3.8, 4) is 11.5 Å². The molecule has 2 rings (SSSR count). The van der Waals surface area contributed by atoms with E-state index >= 15 is 0 Å². The minimum Gasteiger partial charge on any atom is -0.493 e.